The Labute approximate surface area is 220 Å². The molecule has 198 valence electrons. The van der Waals surface area contributed by atoms with Crippen molar-refractivity contribution in [1.29, 1.82) is 0 Å². The summed E-state index contributed by atoms with van der Waals surface area (Å²) in [4.78, 5) is 5.41. The number of rotatable bonds is 5. The Kier molecular flexibility index (Phi) is 5.54. The zero-order chi connectivity index (χ0) is 25.9. The fraction of sp³-hybridized carbons (Fsp3) is 0.793. The SMILES string of the molecule is CC1(C)OB([C@@H]2[C@@H]3CC4[C@H]2[C@@]4(N2CCN(c4ccccc4)CC2)[C@@H]3O[Si](C)(C)C(C)(C)C)OC1(C)C. The maximum Gasteiger partial charge on any atom is 0.461 e. The molecule has 0 N–H and O–H groups in total. The Bertz CT molecular complexity index is 988. The molecule has 0 spiro atoms. The number of para-hydroxylation sites is 1. The lowest BCUT2D eigenvalue weighted by atomic mass is 9.66. The van der Waals surface area contributed by atoms with Gasteiger partial charge in [0.1, 0.15) is 0 Å². The highest BCUT2D eigenvalue weighted by atomic mass is 28.4. The van der Waals surface area contributed by atoms with Crippen molar-refractivity contribution in [2.24, 2.45) is 17.8 Å². The highest BCUT2D eigenvalue weighted by molar-refractivity contribution is 6.74. The molecule has 1 unspecified atom stereocenters. The van der Waals surface area contributed by atoms with Crippen LogP contribution in [0.4, 0.5) is 5.69 Å². The monoisotopic (exact) mass is 510 g/mol. The van der Waals surface area contributed by atoms with Gasteiger partial charge in [0, 0.05) is 37.7 Å². The van der Waals surface area contributed by atoms with E-state index >= 15 is 0 Å². The van der Waals surface area contributed by atoms with Crippen LogP contribution in [-0.4, -0.2) is 69.4 Å². The highest BCUT2D eigenvalue weighted by Gasteiger charge is 2.88. The number of hydrogen-bond donors (Lipinski definition) is 0. The summed E-state index contributed by atoms with van der Waals surface area (Å²) in [5.41, 5.74) is 0.970. The van der Waals surface area contributed by atoms with E-state index in [1.54, 1.807) is 0 Å². The van der Waals surface area contributed by atoms with Gasteiger partial charge in [0.2, 0.25) is 0 Å². The molecule has 2 heterocycles. The van der Waals surface area contributed by atoms with Gasteiger partial charge in [-0.1, -0.05) is 39.0 Å². The molecule has 4 aliphatic carbocycles. The first-order chi connectivity index (χ1) is 16.7. The van der Waals surface area contributed by atoms with Crippen molar-refractivity contribution in [3.05, 3.63) is 30.3 Å². The molecule has 4 bridgehead atoms. The van der Waals surface area contributed by atoms with Gasteiger partial charge in [-0.2, -0.15) is 0 Å². The summed E-state index contributed by atoms with van der Waals surface area (Å²) >= 11 is 0. The van der Waals surface area contributed by atoms with E-state index in [0.29, 0.717) is 23.8 Å². The highest BCUT2D eigenvalue weighted by Crippen LogP contribution is 2.82. The first-order valence-electron chi connectivity index (χ1n) is 14.3. The van der Waals surface area contributed by atoms with Gasteiger partial charge < -0.3 is 18.6 Å². The van der Waals surface area contributed by atoms with Crippen molar-refractivity contribution < 1.29 is 13.7 Å². The lowest BCUT2D eigenvalue weighted by molar-refractivity contribution is 0.00578. The van der Waals surface area contributed by atoms with Crippen molar-refractivity contribution in [3.63, 3.8) is 0 Å². The van der Waals surface area contributed by atoms with E-state index in [1.807, 2.05) is 0 Å². The molecule has 2 saturated heterocycles. The maximum atomic E-state index is 7.41. The molecule has 6 fully saturated rings. The third kappa shape index (κ3) is 3.41. The van der Waals surface area contributed by atoms with Crippen molar-refractivity contribution in [2.45, 2.75) is 102 Å². The number of anilines is 1. The first-order valence-corrected chi connectivity index (χ1v) is 17.2. The number of nitrogens with zero attached hydrogens (tertiary/aromatic N) is 2. The zero-order valence-corrected chi connectivity index (χ0v) is 25.0. The van der Waals surface area contributed by atoms with Crippen molar-refractivity contribution >= 4 is 21.1 Å². The van der Waals surface area contributed by atoms with Gasteiger partial charge in [0.25, 0.3) is 0 Å². The minimum absolute atomic E-state index is 0.115. The van der Waals surface area contributed by atoms with Crippen molar-refractivity contribution in [1.82, 2.24) is 4.90 Å². The Balaban J connectivity index is 1.28. The second kappa shape index (κ2) is 7.84. The largest absolute Gasteiger partial charge is 0.461 e. The molecule has 0 radical (unpaired) electrons. The molecule has 0 aromatic heterocycles. The minimum Gasteiger partial charge on any atom is -0.412 e. The maximum absolute atomic E-state index is 7.41. The second-order valence-electron chi connectivity index (χ2n) is 14.7. The van der Waals surface area contributed by atoms with E-state index in [2.05, 4.69) is 102 Å². The molecule has 6 aliphatic rings. The van der Waals surface area contributed by atoms with Gasteiger partial charge in [0.15, 0.2) is 8.32 Å². The molecule has 1 aromatic rings. The predicted octanol–water partition coefficient (Wildman–Crippen LogP) is 5.68. The van der Waals surface area contributed by atoms with Gasteiger partial charge in [-0.3, -0.25) is 4.90 Å². The van der Waals surface area contributed by atoms with Crippen LogP contribution in [0.15, 0.2) is 30.3 Å². The molecule has 36 heavy (non-hydrogen) atoms. The van der Waals surface area contributed by atoms with E-state index in [1.165, 1.54) is 12.1 Å². The second-order valence-corrected chi connectivity index (χ2v) is 19.5. The molecule has 1 aromatic carbocycles. The van der Waals surface area contributed by atoms with Crippen LogP contribution in [0.5, 0.6) is 0 Å². The molecule has 7 rings (SSSR count). The number of hydrogen-bond acceptors (Lipinski definition) is 5. The van der Waals surface area contributed by atoms with Gasteiger partial charge in [-0.05, 0) is 82.1 Å². The Morgan fingerprint density at radius 2 is 1.53 bits per heavy atom. The molecule has 7 heteroatoms. The quantitative estimate of drug-likeness (QED) is 0.476. The van der Waals surface area contributed by atoms with Crippen LogP contribution in [0.3, 0.4) is 0 Å². The average molecular weight is 511 g/mol. The van der Waals surface area contributed by atoms with Crippen molar-refractivity contribution in [2.75, 3.05) is 31.1 Å². The topological polar surface area (TPSA) is 34.2 Å². The molecule has 0 amide bonds. The van der Waals surface area contributed by atoms with Crippen LogP contribution in [0.25, 0.3) is 0 Å². The van der Waals surface area contributed by atoms with Gasteiger partial charge >= 0.3 is 7.12 Å². The van der Waals surface area contributed by atoms with Gasteiger partial charge in [-0.25, -0.2) is 0 Å². The normalized spacial score (nSPS) is 39.2. The summed E-state index contributed by atoms with van der Waals surface area (Å²) in [7, 11) is -2.04. The van der Waals surface area contributed by atoms with E-state index in [4.69, 9.17) is 13.7 Å². The van der Waals surface area contributed by atoms with Crippen LogP contribution in [-0.2, 0) is 13.7 Å². The lowest BCUT2D eigenvalue weighted by Gasteiger charge is -2.46. The van der Waals surface area contributed by atoms with Gasteiger partial charge in [-0.15, -0.1) is 0 Å². The van der Waals surface area contributed by atoms with Crippen LogP contribution in [0, 0.1) is 17.8 Å². The Hall–Kier alpha value is -0.858. The third-order valence-electron chi connectivity index (χ3n) is 11.5. The molecule has 4 saturated carbocycles. The minimum atomic E-state index is -1.92. The summed E-state index contributed by atoms with van der Waals surface area (Å²) in [5.74, 6) is 2.34. The fourth-order valence-corrected chi connectivity index (χ4v) is 9.25. The van der Waals surface area contributed by atoms with Gasteiger partial charge in [0.05, 0.1) is 22.8 Å². The van der Waals surface area contributed by atoms with Crippen LogP contribution >= 0.6 is 0 Å². The fourth-order valence-electron chi connectivity index (χ4n) is 7.90. The molecule has 5 nitrogen and oxygen atoms in total. The van der Waals surface area contributed by atoms with E-state index < -0.39 is 8.32 Å². The molecule has 2 aliphatic heterocycles. The molecule has 6 atom stereocenters. The van der Waals surface area contributed by atoms with Crippen LogP contribution < -0.4 is 4.90 Å². The van der Waals surface area contributed by atoms with E-state index in [-0.39, 0.29) is 28.9 Å². The van der Waals surface area contributed by atoms with Crippen molar-refractivity contribution in [3.8, 4) is 0 Å². The predicted molar refractivity (Wildman–Crippen MR) is 150 cm³/mol. The zero-order valence-electron chi connectivity index (χ0n) is 24.0. The third-order valence-corrected chi connectivity index (χ3v) is 15.9. The van der Waals surface area contributed by atoms with Crippen LogP contribution in [0.1, 0.15) is 54.9 Å². The summed E-state index contributed by atoms with van der Waals surface area (Å²) in [6.45, 7) is 25.2. The number of piperazine rings is 1. The molecular formula is C29H47BN2O3Si. The smallest absolute Gasteiger partial charge is 0.412 e. The summed E-state index contributed by atoms with van der Waals surface area (Å²) in [5, 5.41) is 0.206. The summed E-state index contributed by atoms with van der Waals surface area (Å²) in [6.07, 6.45) is 1.58. The summed E-state index contributed by atoms with van der Waals surface area (Å²) in [6, 6.07) is 10.9. The lowest BCUT2D eigenvalue weighted by Crippen LogP contribution is -2.58. The summed E-state index contributed by atoms with van der Waals surface area (Å²) < 4.78 is 20.8. The Morgan fingerprint density at radius 3 is 2.08 bits per heavy atom. The number of benzene rings is 1. The first kappa shape index (κ1) is 25.4. The van der Waals surface area contributed by atoms with E-state index in [0.717, 1.165) is 32.1 Å². The Morgan fingerprint density at radius 1 is 0.944 bits per heavy atom. The molecular weight excluding hydrogens is 463 g/mol. The van der Waals surface area contributed by atoms with Crippen LogP contribution in [0.2, 0.25) is 23.9 Å². The van der Waals surface area contributed by atoms with E-state index in [9.17, 15) is 0 Å². The average Bonchev–Trinajstić information content (AvgIpc) is 3.06. The standard InChI is InChI=1S/C29H47BN2O3Si/c1-26(2,3)36(8,9)33-25-21-19-22-23(24(21)30-34-27(4,5)28(6,7)35-30)29(22,25)32-17-15-31(16-18-32)20-13-11-10-12-14-20/h10-14,21-25H,15-19H2,1-9H3/t21-,22?,23+,24+,25+,29+/m0/s1.